The number of amides is 1. The van der Waals surface area contributed by atoms with E-state index in [1.54, 1.807) is 11.0 Å². The Kier molecular flexibility index (Phi) is 3.86. The van der Waals surface area contributed by atoms with Crippen LogP contribution in [0, 0.1) is 0 Å². The average Bonchev–Trinajstić information content (AvgIpc) is 3.17. The maximum absolute atomic E-state index is 12.8. The van der Waals surface area contributed by atoms with E-state index in [9.17, 15) is 18.0 Å². The third kappa shape index (κ3) is 2.96. The summed E-state index contributed by atoms with van der Waals surface area (Å²) in [4.78, 5) is 14.3. The summed E-state index contributed by atoms with van der Waals surface area (Å²) in [5, 5.41) is 3.63. The van der Waals surface area contributed by atoms with E-state index in [0.29, 0.717) is 30.0 Å². The molecule has 1 amide bonds. The number of aromatic nitrogens is 2. The number of nitrogens with zero attached hydrogens (tertiary/aromatic N) is 3. The Hall–Kier alpha value is -1.96. The monoisotopic (exact) mass is 327 g/mol. The van der Waals surface area contributed by atoms with Crippen LogP contribution in [0.1, 0.15) is 33.1 Å². The Morgan fingerprint density at radius 2 is 2.18 bits per heavy atom. The number of alkyl halides is 3. The van der Waals surface area contributed by atoms with Crippen molar-refractivity contribution in [3.05, 3.63) is 46.5 Å². The van der Waals surface area contributed by atoms with Gasteiger partial charge in [0, 0.05) is 19.0 Å². The first-order valence-corrected chi connectivity index (χ1v) is 7.46. The van der Waals surface area contributed by atoms with Gasteiger partial charge in [0.2, 0.25) is 0 Å². The standard InChI is InChI=1S/C14H12F3N3OS/c15-14(16,17)11-3-1-2-9(6-11)10-4-5-20(8-10)13(21)12-7-18-19-22-12/h1-3,6-7,10H,4-5,8H2. The molecule has 116 valence electrons. The molecule has 1 fully saturated rings. The lowest BCUT2D eigenvalue weighted by Gasteiger charge is -2.16. The number of rotatable bonds is 2. The van der Waals surface area contributed by atoms with Gasteiger partial charge in [0.15, 0.2) is 0 Å². The zero-order chi connectivity index (χ0) is 15.7. The predicted molar refractivity (Wildman–Crippen MR) is 74.6 cm³/mol. The third-order valence-corrected chi connectivity index (χ3v) is 4.39. The molecule has 1 aromatic heterocycles. The van der Waals surface area contributed by atoms with Gasteiger partial charge in [-0.1, -0.05) is 22.7 Å². The maximum atomic E-state index is 12.8. The van der Waals surface area contributed by atoms with Crippen LogP contribution in [0.15, 0.2) is 30.5 Å². The molecule has 0 N–H and O–H groups in total. The number of halogens is 3. The van der Waals surface area contributed by atoms with E-state index in [1.165, 1.54) is 18.3 Å². The van der Waals surface area contributed by atoms with Gasteiger partial charge in [-0.25, -0.2) is 0 Å². The lowest BCUT2D eigenvalue weighted by atomic mass is 9.96. The first-order chi connectivity index (χ1) is 10.4. The van der Waals surface area contributed by atoms with Crippen LogP contribution in [-0.4, -0.2) is 33.5 Å². The highest BCUT2D eigenvalue weighted by atomic mass is 32.1. The molecule has 2 aromatic rings. The van der Waals surface area contributed by atoms with Gasteiger partial charge in [-0.2, -0.15) is 13.2 Å². The van der Waals surface area contributed by atoms with Crippen LogP contribution in [-0.2, 0) is 6.18 Å². The quantitative estimate of drug-likeness (QED) is 0.851. The van der Waals surface area contributed by atoms with Crippen molar-refractivity contribution < 1.29 is 18.0 Å². The number of benzene rings is 1. The molecule has 0 radical (unpaired) electrons. The van der Waals surface area contributed by atoms with E-state index in [0.717, 1.165) is 17.6 Å². The minimum absolute atomic E-state index is 0.0767. The smallest absolute Gasteiger partial charge is 0.337 e. The van der Waals surface area contributed by atoms with Gasteiger partial charge in [0.05, 0.1) is 11.8 Å². The van der Waals surface area contributed by atoms with E-state index in [2.05, 4.69) is 9.59 Å². The van der Waals surface area contributed by atoms with Crippen molar-refractivity contribution in [2.45, 2.75) is 18.5 Å². The molecule has 0 aliphatic carbocycles. The summed E-state index contributed by atoms with van der Waals surface area (Å²) in [5.74, 6) is -0.239. The minimum atomic E-state index is -4.35. The number of hydrogen-bond donors (Lipinski definition) is 0. The van der Waals surface area contributed by atoms with Crippen molar-refractivity contribution in [1.29, 1.82) is 0 Å². The van der Waals surface area contributed by atoms with E-state index in [1.807, 2.05) is 0 Å². The summed E-state index contributed by atoms with van der Waals surface area (Å²) in [6, 6.07) is 5.33. The Labute approximate surface area is 128 Å². The summed E-state index contributed by atoms with van der Waals surface area (Å²) in [5.41, 5.74) is -0.0333. The summed E-state index contributed by atoms with van der Waals surface area (Å²) in [7, 11) is 0. The molecule has 1 unspecified atom stereocenters. The fraction of sp³-hybridized carbons (Fsp3) is 0.357. The second kappa shape index (κ2) is 5.68. The molecule has 8 heteroatoms. The maximum Gasteiger partial charge on any atom is 0.416 e. The molecule has 1 saturated heterocycles. The lowest BCUT2D eigenvalue weighted by molar-refractivity contribution is -0.137. The van der Waals surface area contributed by atoms with Gasteiger partial charge in [-0.05, 0) is 29.6 Å². The second-order valence-corrected chi connectivity index (χ2v) is 5.93. The Balaban J connectivity index is 1.74. The molecule has 0 spiro atoms. The zero-order valence-corrected chi connectivity index (χ0v) is 12.2. The molecule has 0 saturated carbocycles. The summed E-state index contributed by atoms with van der Waals surface area (Å²) in [6.07, 6.45) is -2.29. The van der Waals surface area contributed by atoms with Gasteiger partial charge in [-0.3, -0.25) is 4.79 Å². The van der Waals surface area contributed by atoms with Gasteiger partial charge in [0.1, 0.15) is 4.88 Å². The second-order valence-electron chi connectivity index (χ2n) is 5.14. The van der Waals surface area contributed by atoms with Crippen molar-refractivity contribution >= 4 is 17.4 Å². The van der Waals surface area contributed by atoms with Gasteiger partial charge >= 0.3 is 6.18 Å². The molecular formula is C14H12F3N3OS. The van der Waals surface area contributed by atoms with Crippen molar-refractivity contribution in [2.24, 2.45) is 0 Å². The largest absolute Gasteiger partial charge is 0.416 e. The Bertz CT molecular complexity index is 672. The van der Waals surface area contributed by atoms with Crippen LogP contribution < -0.4 is 0 Å². The van der Waals surface area contributed by atoms with E-state index >= 15 is 0 Å². The molecule has 22 heavy (non-hydrogen) atoms. The van der Waals surface area contributed by atoms with Crippen LogP contribution in [0.25, 0.3) is 0 Å². The van der Waals surface area contributed by atoms with Gasteiger partial charge < -0.3 is 4.90 Å². The summed E-state index contributed by atoms with van der Waals surface area (Å²) < 4.78 is 42.0. The number of carbonyl (C=O) groups excluding carboxylic acids is 1. The molecule has 3 rings (SSSR count). The fourth-order valence-corrected chi connectivity index (χ4v) is 3.09. The highest BCUT2D eigenvalue weighted by Crippen LogP contribution is 2.34. The predicted octanol–water partition coefficient (Wildman–Crippen LogP) is 3.19. The SMILES string of the molecule is O=C(c1cnns1)N1CCC(c2cccc(C(F)(F)F)c2)C1. The molecule has 1 aromatic carbocycles. The minimum Gasteiger partial charge on any atom is -0.337 e. The van der Waals surface area contributed by atoms with Crippen LogP contribution in [0.2, 0.25) is 0 Å². The molecule has 1 aliphatic rings. The first kappa shape index (κ1) is 15.0. The van der Waals surface area contributed by atoms with Crippen LogP contribution in [0.5, 0.6) is 0 Å². The van der Waals surface area contributed by atoms with E-state index in [4.69, 9.17) is 0 Å². The molecule has 2 heterocycles. The molecule has 1 atom stereocenters. The van der Waals surface area contributed by atoms with Crippen molar-refractivity contribution in [3.8, 4) is 0 Å². The topological polar surface area (TPSA) is 46.1 Å². The van der Waals surface area contributed by atoms with Crippen molar-refractivity contribution in [3.63, 3.8) is 0 Å². The number of likely N-dealkylation sites (tertiary alicyclic amines) is 1. The fourth-order valence-electron chi connectivity index (χ4n) is 2.60. The molecular weight excluding hydrogens is 315 g/mol. The molecule has 1 aliphatic heterocycles. The molecule has 0 bridgehead atoms. The van der Waals surface area contributed by atoms with Crippen LogP contribution in [0.4, 0.5) is 13.2 Å². The van der Waals surface area contributed by atoms with E-state index in [-0.39, 0.29) is 11.8 Å². The average molecular weight is 327 g/mol. The van der Waals surface area contributed by atoms with Crippen molar-refractivity contribution in [1.82, 2.24) is 14.5 Å². The van der Waals surface area contributed by atoms with Crippen LogP contribution >= 0.6 is 11.5 Å². The first-order valence-electron chi connectivity index (χ1n) is 6.69. The zero-order valence-electron chi connectivity index (χ0n) is 11.4. The third-order valence-electron chi connectivity index (χ3n) is 3.73. The van der Waals surface area contributed by atoms with Crippen molar-refractivity contribution in [2.75, 3.05) is 13.1 Å². The van der Waals surface area contributed by atoms with E-state index < -0.39 is 11.7 Å². The number of hydrogen-bond acceptors (Lipinski definition) is 4. The summed E-state index contributed by atoms with van der Waals surface area (Å²) in [6.45, 7) is 0.940. The number of carbonyl (C=O) groups is 1. The van der Waals surface area contributed by atoms with Gasteiger partial charge in [-0.15, -0.1) is 5.10 Å². The normalized spacial score (nSPS) is 18.7. The Morgan fingerprint density at radius 1 is 1.36 bits per heavy atom. The Morgan fingerprint density at radius 3 is 2.86 bits per heavy atom. The van der Waals surface area contributed by atoms with Crippen LogP contribution in [0.3, 0.4) is 0 Å². The highest BCUT2D eigenvalue weighted by Gasteiger charge is 2.33. The summed E-state index contributed by atoms with van der Waals surface area (Å²) >= 11 is 1.02. The van der Waals surface area contributed by atoms with Gasteiger partial charge in [0.25, 0.3) is 5.91 Å². The lowest BCUT2D eigenvalue weighted by Crippen LogP contribution is -2.27. The highest BCUT2D eigenvalue weighted by molar-refractivity contribution is 7.07. The molecule has 4 nitrogen and oxygen atoms in total.